The fraction of sp³-hybridized carbons (Fsp3) is 0.857. The van der Waals surface area contributed by atoms with E-state index < -0.39 is 5.97 Å². The molecule has 108 valence electrons. The number of carbonyl (C=O) groups excluding carboxylic acids is 1. The monoisotopic (exact) mass is 268 g/mol. The predicted octanol–water partition coefficient (Wildman–Crippen LogP) is 1.78. The van der Waals surface area contributed by atoms with Crippen molar-refractivity contribution in [1.82, 2.24) is 10.2 Å². The molecule has 0 aromatic rings. The van der Waals surface area contributed by atoms with Crippen LogP contribution in [0.3, 0.4) is 0 Å². The van der Waals surface area contributed by atoms with Gasteiger partial charge in [0.15, 0.2) is 0 Å². The Hall–Kier alpha value is -1.26. The van der Waals surface area contributed by atoms with Gasteiger partial charge < -0.3 is 15.3 Å². The maximum absolute atomic E-state index is 11.9. The molecule has 19 heavy (non-hydrogen) atoms. The number of nitrogens with one attached hydrogen (secondary N) is 1. The molecule has 5 nitrogen and oxygen atoms in total. The summed E-state index contributed by atoms with van der Waals surface area (Å²) in [5.41, 5.74) is 0. The maximum atomic E-state index is 11.9. The highest BCUT2D eigenvalue weighted by Gasteiger charge is 2.35. The summed E-state index contributed by atoms with van der Waals surface area (Å²) >= 11 is 0. The maximum Gasteiger partial charge on any atom is 0.317 e. The zero-order valence-electron chi connectivity index (χ0n) is 11.8. The topological polar surface area (TPSA) is 69.6 Å². The van der Waals surface area contributed by atoms with Gasteiger partial charge in [-0.1, -0.05) is 13.3 Å². The minimum Gasteiger partial charge on any atom is -0.481 e. The second-order valence-electron chi connectivity index (χ2n) is 6.18. The lowest BCUT2D eigenvalue weighted by molar-refractivity contribution is -0.142. The van der Waals surface area contributed by atoms with Crippen LogP contribution in [0.4, 0.5) is 4.79 Å². The average Bonchev–Trinajstić information content (AvgIpc) is 2.88. The lowest BCUT2D eigenvalue weighted by Crippen LogP contribution is -2.41. The van der Waals surface area contributed by atoms with Crippen molar-refractivity contribution in [2.24, 2.45) is 23.7 Å². The smallest absolute Gasteiger partial charge is 0.317 e. The molecule has 2 aliphatic carbocycles. The first-order valence-corrected chi connectivity index (χ1v) is 7.20. The predicted molar refractivity (Wildman–Crippen MR) is 71.8 cm³/mol. The van der Waals surface area contributed by atoms with Gasteiger partial charge in [-0.3, -0.25) is 4.79 Å². The molecule has 0 aromatic carbocycles. The van der Waals surface area contributed by atoms with E-state index in [1.807, 2.05) is 7.05 Å². The van der Waals surface area contributed by atoms with Gasteiger partial charge in [0.25, 0.3) is 0 Å². The van der Waals surface area contributed by atoms with Crippen molar-refractivity contribution < 1.29 is 14.7 Å². The van der Waals surface area contributed by atoms with Crippen LogP contribution in [-0.4, -0.2) is 42.1 Å². The third-order valence-electron chi connectivity index (χ3n) is 4.62. The summed E-state index contributed by atoms with van der Waals surface area (Å²) in [7, 11) is 1.81. The van der Waals surface area contributed by atoms with Crippen LogP contribution in [0.5, 0.6) is 0 Å². The minimum atomic E-state index is -0.725. The number of hydrogen-bond donors (Lipinski definition) is 2. The molecule has 0 spiro atoms. The Bertz CT molecular complexity index is 359. The fourth-order valence-electron chi connectivity index (χ4n) is 3.05. The molecule has 0 aromatic heterocycles. The van der Waals surface area contributed by atoms with E-state index in [1.54, 1.807) is 4.90 Å². The number of hydrogen-bond acceptors (Lipinski definition) is 2. The molecule has 2 amide bonds. The van der Waals surface area contributed by atoms with Gasteiger partial charge in [-0.2, -0.15) is 0 Å². The SMILES string of the molecule is CC1CC1CN(C)C(=O)NCC1CCCC1C(=O)O. The first-order valence-electron chi connectivity index (χ1n) is 7.20. The number of rotatable bonds is 5. The molecular weight excluding hydrogens is 244 g/mol. The van der Waals surface area contributed by atoms with Gasteiger partial charge in [-0.15, -0.1) is 0 Å². The van der Waals surface area contributed by atoms with Crippen molar-refractivity contribution in [1.29, 1.82) is 0 Å². The third kappa shape index (κ3) is 3.61. The molecule has 2 aliphatic rings. The van der Waals surface area contributed by atoms with E-state index in [9.17, 15) is 9.59 Å². The highest BCUT2D eigenvalue weighted by Crippen LogP contribution is 2.38. The zero-order valence-corrected chi connectivity index (χ0v) is 11.8. The van der Waals surface area contributed by atoms with Gasteiger partial charge >= 0.3 is 12.0 Å². The number of carboxylic acid groups (broad SMARTS) is 1. The standard InChI is InChI=1S/C14H24N2O3/c1-9-6-11(9)8-16(2)14(19)15-7-10-4-3-5-12(10)13(17)18/h9-12H,3-8H2,1-2H3,(H,15,19)(H,17,18). The lowest BCUT2D eigenvalue weighted by atomic mass is 9.96. The third-order valence-corrected chi connectivity index (χ3v) is 4.62. The molecule has 4 unspecified atom stereocenters. The van der Waals surface area contributed by atoms with E-state index in [1.165, 1.54) is 6.42 Å². The number of carbonyl (C=O) groups is 2. The molecule has 0 heterocycles. The normalized spacial score (nSPS) is 32.9. The highest BCUT2D eigenvalue weighted by molar-refractivity contribution is 5.74. The molecule has 0 radical (unpaired) electrons. The van der Waals surface area contributed by atoms with Crippen LogP contribution in [-0.2, 0) is 4.79 Å². The number of urea groups is 1. The summed E-state index contributed by atoms with van der Waals surface area (Å²) in [6.45, 7) is 3.49. The molecule has 2 N–H and O–H groups in total. The Labute approximate surface area is 114 Å². The number of aliphatic carboxylic acids is 1. The van der Waals surface area contributed by atoms with Crippen LogP contribution in [0.25, 0.3) is 0 Å². The molecule has 4 atom stereocenters. The Balaban J connectivity index is 1.72. The molecule has 2 fully saturated rings. The Morgan fingerprint density at radius 2 is 2.00 bits per heavy atom. The van der Waals surface area contributed by atoms with E-state index in [2.05, 4.69) is 12.2 Å². The van der Waals surface area contributed by atoms with Crippen molar-refractivity contribution in [3.63, 3.8) is 0 Å². The van der Waals surface area contributed by atoms with E-state index in [-0.39, 0.29) is 17.9 Å². The second-order valence-corrected chi connectivity index (χ2v) is 6.18. The average molecular weight is 268 g/mol. The quantitative estimate of drug-likeness (QED) is 0.798. The van der Waals surface area contributed by atoms with E-state index in [0.717, 1.165) is 31.7 Å². The first-order chi connectivity index (χ1) is 8.99. The summed E-state index contributed by atoms with van der Waals surface area (Å²) < 4.78 is 0. The summed E-state index contributed by atoms with van der Waals surface area (Å²) in [4.78, 5) is 24.7. The molecule has 0 aliphatic heterocycles. The fourth-order valence-corrected chi connectivity index (χ4v) is 3.05. The van der Waals surface area contributed by atoms with Gasteiger partial charge in [0.2, 0.25) is 0 Å². The summed E-state index contributed by atoms with van der Waals surface area (Å²) in [6, 6.07) is -0.0739. The Morgan fingerprint density at radius 3 is 2.58 bits per heavy atom. The van der Waals surface area contributed by atoms with Crippen LogP contribution in [0.1, 0.15) is 32.6 Å². The van der Waals surface area contributed by atoms with Crippen LogP contribution in [0.15, 0.2) is 0 Å². The van der Waals surface area contributed by atoms with Crippen molar-refractivity contribution >= 4 is 12.0 Å². The van der Waals surface area contributed by atoms with Crippen LogP contribution in [0, 0.1) is 23.7 Å². The van der Waals surface area contributed by atoms with E-state index in [0.29, 0.717) is 12.5 Å². The summed E-state index contributed by atoms with van der Waals surface area (Å²) in [5, 5.41) is 12.0. The van der Waals surface area contributed by atoms with Crippen LogP contribution >= 0.6 is 0 Å². The molecule has 0 saturated heterocycles. The van der Waals surface area contributed by atoms with E-state index >= 15 is 0 Å². The molecule has 0 bridgehead atoms. The van der Waals surface area contributed by atoms with Crippen LogP contribution < -0.4 is 5.32 Å². The van der Waals surface area contributed by atoms with Crippen molar-refractivity contribution in [2.75, 3.05) is 20.1 Å². The van der Waals surface area contributed by atoms with Gasteiger partial charge in [-0.25, -0.2) is 4.79 Å². The molecule has 2 saturated carbocycles. The minimum absolute atomic E-state index is 0.0739. The van der Waals surface area contributed by atoms with Crippen molar-refractivity contribution in [2.45, 2.75) is 32.6 Å². The number of nitrogens with zero attached hydrogens (tertiary/aromatic N) is 1. The number of carboxylic acids is 1. The van der Waals surface area contributed by atoms with Gasteiger partial charge in [0, 0.05) is 20.1 Å². The zero-order chi connectivity index (χ0) is 14.0. The molecule has 2 rings (SSSR count). The van der Waals surface area contributed by atoms with Gasteiger partial charge in [0.05, 0.1) is 5.92 Å². The summed E-state index contributed by atoms with van der Waals surface area (Å²) in [5.74, 6) is 0.469. The Kier molecular flexibility index (Phi) is 4.32. The van der Waals surface area contributed by atoms with Gasteiger partial charge in [0.1, 0.15) is 0 Å². The van der Waals surface area contributed by atoms with Crippen molar-refractivity contribution in [3.8, 4) is 0 Å². The molecular formula is C14H24N2O3. The highest BCUT2D eigenvalue weighted by atomic mass is 16.4. The van der Waals surface area contributed by atoms with E-state index in [4.69, 9.17) is 5.11 Å². The second kappa shape index (κ2) is 5.80. The van der Waals surface area contributed by atoms with Crippen molar-refractivity contribution in [3.05, 3.63) is 0 Å². The first kappa shape index (κ1) is 14.2. The Morgan fingerprint density at radius 1 is 1.32 bits per heavy atom. The number of amides is 2. The summed E-state index contributed by atoms with van der Waals surface area (Å²) in [6.07, 6.45) is 3.81. The molecule has 5 heteroatoms. The van der Waals surface area contributed by atoms with Crippen LogP contribution in [0.2, 0.25) is 0 Å². The lowest BCUT2D eigenvalue weighted by Gasteiger charge is -2.21. The largest absolute Gasteiger partial charge is 0.481 e. The van der Waals surface area contributed by atoms with Gasteiger partial charge in [-0.05, 0) is 37.0 Å².